The van der Waals surface area contributed by atoms with Crippen molar-refractivity contribution in [1.29, 1.82) is 0 Å². The highest BCUT2D eigenvalue weighted by atomic mass is 31.2. The van der Waals surface area contributed by atoms with Crippen LogP contribution in [0, 0.1) is 11.8 Å². The van der Waals surface area contributed by atoms with Gasteiger partial charge in [0.05, 0.1) is 5.66 Å². The van der Waals surface area contributed by atoms with Gasteiger partial charge in [-0.05, 0) is 24.7 Å². The molecule has 0 aromatic rings. The molecule has 2 aliphatic carbocycles. The Hall–Kier alpha value is -0.110. The van der Waals surface area contributed by atoms with Crippen LogP contribution in [0.2, 0.25) is 0 Å². The molecule has 0 N–H and O–H groups in total. The second-order valence-electron chi connectivity index (χ2n) is 3.75. The van der Waals surface area contributed by atoms with E-state index in [0.717, 1.165) is 12.8 Å². The van der Waals surface area contributed by atoms with Crippen molar-refractivity contribution in [3.05, 3.63) is 12.2 Å². The fourth-order valence-corrected chi connectivity index (χ4v) is 4.37. The Kier molecular flexibility index (Phi) is 2.35. The Morgan fingerprint density at radius 1 is 1.23 bits per heavy atom. The van der Waals surface area contributed by atoms with Crippen molar-refractivity contribution in [3.63, 3.8) is 0 Å². The van der Waals surface area contributed by atoms with Gasteiger partial charge in [0, 0.05) is 14.2 Å². The lowest BCUT2D eigenvalue weighted by atomic mass is 10.1. The first kappa shape index (κ1) is 9.45. The van der Waals surface area contributed by atoms with Crippen molar-refractivity contribution in [2.75, 3.05) is 14.2 Å². The van der Waals surface area contributed by atoms with Crippen molar-refractivity contribution in [1.82, 2.24) is 0 Å². The number of hydrogen-bond donors (Lipinski definition) is 0. The summed E-state index contributed by atoms with van der Waals surface area (Å²) in [4.78, 5) is 0. The molecule has 1 fully saturated rings. The normalized spacial score (nSPS) is 37.2. The van der Waals surface area contributed by atoms with Crippen LogP contribution in [0.1, 0.15) is 12.8 Å². The summed E-state index contributed by atoms with van der Waals surface area (Å²) in [5.41, 5.74) is 0.0949. The first-order valence-corrected chi connectivity index (χ1v) is 6.20. The molecule has 0 heterocycles. The van der Waals surface area contributed by atoms with Gasteiger partial charge in [0.15, 0.2) is 0 Å². The zero-order chi connectivity index (χ0) is 9.47. The van der Waals surface area contributed by atoms with Gasteiger partial charge in [0.25, 0.3) is 0 Å². The Balaban J connectivity index is 2.18. The summed E-state index contributed by atoms with van der Waals surface area (Å²) >= 11 is 0. The molecule has 0 aliphatic heterocycles. The lowest BCUT2D eigenvalue weighted by Gasteiger charge is -2.25. The minimum absolute atomic E-state index is 0.0949. The van der Waals surface area contributed by atoms with E-state index in [0.29, 0.717) is 11.8 Å². The van der Waals surface area contributed by atoms with Crippen LogP contribution in [0.15, 0.2) is 12.2 Å². The van der Waals surface area contributed by atoms with E-state index < -0.39 is 7.60 Å². The van der Waals surface area contributed by atoms with Crippen LogP contribution < -0.4 is 0 Å². The van der Waals surface area contributed by atoms with Gasteiger partial charge in [-0.1, -0.05) is 12.2 Å². The van der Waals surface area contributed by atoms with E-state index >= 15 is 0 Å². The van der Waals surface area contributed by atoms with Gasteiger partial charge in [0.2, 0.25) is 0 Å². The third-order valence-electron chi connectivity index (χ3n) is 3.16. The molecule has 74 valence electrons. The van der Waals surface area contributed by atoms with E-state index in [4.69, 9.17) is 9.05 Å². The van der Waals surface area contributed by atoms with Gasteiger partial charge in [-0.3, -0.25) is 4.57 Å². The smallest absolute Gasteiger partial charge is 0.312 e. The third kappa shape index (κ3) is 1.39. The monoisotopic (exact) mass is 202 g/mol. The first-order valence-electron chi connectivity index (χ1n) is 4.59. The highest BCUT2D eigenvalue weighted by molar-refractivity contribution is 7.54. The van der Waals surface area contributed by atoms with Crippen LogP contribution in [0.25, 0.3) is 0 Å². The average Bonchev–Trinajstić information content (AvgIpc) is 2.77. The lowest BCUT2D eigenvalue weighted by Crippen LogP contribution is -2.16. The van der Waals surface area contributed by atoms with Crippen molar-refractivity contribution in [2.24, 2.45) is 11.8 Å². The van der Waals surface area contributed by atoms with E-state index in [-0.39, 0.29) is 5.66 Å². The lowest BCUT2D eigenvalue weighted by molar-refractivity contribution is 0.260. The van der Waals surface area contributed by atoms with E-state index in [2.05, 4.69) is 12.2 Å². The molecular weight excluding hydrogens is 187 g/mol. The zero-order valence-corrected chi connectivity index (χ0v) is 8.87. The molecule has 0 unspecified atom stereocenters. The molecule has 3 atom stereocenters. The van der Waals surface area contributed by atoms with Gasteiger partial charge in [-0.15, -0.1) is 0 Å². The van der Waals surface area contributed by atoms with Gasteiger partial charge < -0.3 is 9.05 Å². The molecule has 3 nitrogen and oxygen atoms in total. The molecule has 0 aromatic heterocycles. The SMILES string of the molecule is COP(=O)(OC)[C@@H]1C[C@@H]2C=C[C@H]1C2. The summed E-state index contributed by atoms with van der Waals surface area (Å²) < 4.78 is 22.1. The second kappa shape index (κ2) is 3.23. The highest BCUT2D eigenvalue weighted by Crippen LogP contribution is 2.62. The summed E-state index contributed by atoms with van der Waals surface area (Å²) in [6.45, 7) is 0. The molecule has 0 amide bonds. The predicted octanol–water partition coefficient (Wildman–Crippen LogP) is 2.44. The van der Waals surface area contributed by atoms with Crippen molar-refractivity contribution in [2.45, 2.75) is 18.5 Å². The molecule has 2 rings (SSSR count). The summed E-state index contributed by atoms with van der Waals surface area (Å²) in [5.74, 6) is 1.02. The zero-order valence-electron chi connectivity index (χ0n) is 7.97. The standard InChI is InChI=1S/C9H15O3P/c1-11-13(10,12-2)9-6-7-3-4-8(9)5-7/h3-4,7-9H,5-6H2,1-2H3/t7-,8+,9-/m1/s1. The van der Waals surface area contributed by atoms with Crippen LogP contribution in [-0.2, 0) is 13.6 Å². The van der Waals surface area contributed by atoms with E-state index in [1.165, 1.54) is 14.2 Å². The van der Waals surface area contributed by atoms with E-state index in [1.54, 1.807) is 0 Å². The Labute approximate surface area is 78.6 Å². The number of fused-ring (bicyclic) bond motifs is 2. The number of hydrogen-bond acceptors (Lipinski definition) is 3. The number of allylic oxidation sites excluding steroid dienone is 2. The predicted molar refractivity (Wildman–Crippen MR) is 50.8 cm³/mol. The van der Waals surface area contributed by atoms with Gasteiger partial charge in [-0.2, -0.15) is 0 Å². The maximum Gasteiger partial charge on any atom is 0.333 e. The molecule has 2 bridgehead atoms. The molecule has 2 aliphatic rings. The topological polar surface area (TPSA) is 35.5 Å². The van der Waals surface area contributed by atoms with Crippen LogP contribution in [0.5, 0.6) is 0 Å². The Morgan fingerprint density at radius 3 is 2.31 bits per heavy atom. The molecule has 1 saturated carbocycles. The highest BCUT2D eigenvalue weighted by Gasteiger charge is 2.47. The van der Waals surface area contributed by atoms with Crippen LogP contribution in [0.3, 0.4) is 0 Å². The fraction of sp³-hybridized carbons (Fsp3) is 0.778. The Bertz CT molecular complexity index is 266. The van der Waals surface area contributed by atoms with Crippen molar-refractivity contribution < 1.29 is 13.6 Å². The van der Waals surface area contributed by atoms with Crippen LogP contribution in [-0.4, -0.2) is 19.9 Å². The summed E-state index contributed by atoms with van der Waals surface area (Å²) in [7, 11) is 0.122. The summed E-state index contributed by atoms with van der Waals surface area (Å²) in [5, 5.41) is 0. The van der Waals surface area contributed by atoms with Crippen LogP contribution in [0.4, 0.5) is 0 Å². The third-order valence-corrected chi connectivity index (χ3v) is 5.58. The quantitative estimate of drug-likeness (QED) is 0.520. The molecule has 0 saturated heterocycles. The van der Waals surface area contributed by atoms with Gasteiger partial charge >= 0.3 is 7.60 Å². The summed E-state index contributed by atoms with van der Waals surface area (Å²) in [6, 6.07) is 0. The fourth-order valence-electron chi connectivity index (χ4n) is 2.46. The average molecular weight is 202 g/mol. The van der Waals surface area contributed by atoms with E-state index in [1.807, 2.05) is 0 Å². The molecular formula is C9H15O3P. The molecule has 13 heavy (non-hydrogen) atoms. The molecule has 0 aromatic carbocycles. The molecule has 0 radical (unpaired) electrons. The van der Waals surface area contributed by atoms with Gasteiger partial charge in [0.1, 0.15) is 0 Å². The molecule has 4 heteroatoms. The largest absolute Gasteiger partial charge is 0.333 e. The van der Waals surface area contributed by atoms with Crippen molar-refractivity contribution >= 4 is 7.60 Å². The molecule has 0 spiro atoms. The maximum atomic E-state index is 12.1. The number of rotatable bonds is 3. The maximum absolute atomic E-state index is 12.1. The Morgan fingerprint density at radius 2 is 1.92 bits per heavy atom. The summed E-state index contributed by atoms with van der Waals surface area (Å²) in [6.07, 6.45) is 6.46. The van der Waals surface area contributed by atoms with Crippen molar-refractivity contribution in [3.8, 4) is 0 Å². The second-order valence-corrected chi connectivity index (χ2v) is 6.23. The van der Waals surface area contributed by atoms with Gasteiger partial charge in [-0.25, -0.2) is 0 Å². The first-order chi connectivity index (χ1) is 6.19. The van der Waals surface area contributed by atoms with Crippen LogP contribution >= 0.6 is 7.60 Å². The van der Waals surface area contributed by atoms with E-state index in [9.17, 15) is 4.57 Å². The minimum atomic E-state index is -2.82. The minimum Gasteiger partial charge on any atom is -0.312 e.